The van der Waals surface area contributed by atoms with Crippen molar-refractivity contribution in [1.29, 1.82) is 0 Å². The highest BCUT2D eigenvalue weighted by Gasteiger charge is 2.47. The molecular formula is C39H44N4O3. The first-order valence-corrected chi connectivity index (χ1v) is 16.2. The van der Waals surface area contributed by atoms with Crippen LogP contribution in [-0.2, 0) is 24.9 Å². The van der Waals surface area contributed by atoms with Gasteiger partial charge in [0.2, 0.25) is 5.69 Å². The third kappa shape index (κ3) is 4.35. The minimum atomic E-state index is -0.631. The van der Waals surface area contributed by atoms with Gasteiger partial charge in [0.15, 0.2) is 5.71 Å². The molecule has 0 atom stereocenters. The molecule has 0 saturated carbocycles. The van der Waals surface area contributed by atoms with E-state index < -0.39 is 17.1 Å². The van der Waals surface area contributed by atoms with E-state index in [2.05, 4.69) is 118 Å². The van der Waals surface area contributed by atoms with E-state index in [-0.39, 0.29) is 16.4 Å². The number of aromatic nitrogens is 2. The lowest BCUT2D eigenvalue weighted by Gasteiger charge is -2.26. The molecule has 2 aliphatic heterocycles. The summed E-state index contributed by atoms with van der Waals surface area (Å²) in [5.74, 6) is -0.580. The normalized spacial score (nSPS) is 19.9. The maximum atomic E-state index is 13.8. The van der Waals surface area contributed by atoms with Crippen LogP contribution in [0.5, 0.6) is 5.88 Å². The highest BCUT2D eigenvalue weighted by Crippen LogP contribution is 2.50. The Morgan fingerprint density at radius 1 is 0.913 bits per heavy atom. The van der Waals surface area contributed by atoms with Gasteiger partial charge < -0.3 is 14.6 Å². The molecule has 6 rings (SSSR count). The number of allylic oxidation sites excluding steroid dienone is 7. The topological polar surface area (TPSA) is 73.3 Å². The number of rotatable bonds is 6. The van der Waals surface area contributed by atoms with Crippen molar-refractivity contribution in [1.82, 2.24) is 9.13 Å². The summed E-state index contributed by atoms with van der Waals surface area (Å²) in [4.78, 5) is 29.0. The summed E-state index contributed by atoms with van der Waals surface area (Å²) in [5, 5.41) is 13.8. The minimum absolute atomic E-state index is 0.0289. The van der Waals surface area contributed by atoms with Gasteiger partial charge in [-0.15, -0.1) is 0 Å². The van der Waals surface area contributed by atoms with Crippen molar-refractivity contribution in [2.24, 2.45) is 14.1 Å². The predicted octanol–water partition coefficient (Wildman–Crippen LogP) is 5.99. The summed E-state index contributed by atoms with van der Waals surface area (Å²) >= 11 is 0. The van der Waals surface area contributed by atoms with E-state index >= 15 is 0 Å². The predicted molar refractivity (Wildman–Crippen MR) is 185 cm³/mol. The molecule has 2 aromatic carbocycles. The molecule has 0 fully saturated rings. The minimum Gasteiger partial charge on any atom is -0.859 e. The molecule has 3 aromatic rings. The van der Waals surface area contributed by atoms with Crippen molar-refractivity contribution in [3.63, 3.8) is 0 Å². The van der Waals surface area contributed by atoms with E-state index in [4.69, 9.17) is 0 Å². The van der Waals surface area contributed by atoms with Crippen LogP contribution in [0.4, 0.5) is 11.4 Å². The zero-order chi connectivity index (χ0) is 33.3. The molecule has 7 heteroatoms. The van der Waals surface area contributed by atoms with Crippen molar-refractivity contribution >= 4 is 22.7 Å². The molecule has 0 unspecified atom stereocenters. The number of hydrogen-bond acceptors (Lipinski definition) is 4. The summed E-state index contributed by atoms with van der Waals surface area (Å²) in [6.45, 7) is 19.4. The summed E-state index contributed by atoms with van der Waals surface area (Å²) in [7, 11) is 2.87. The van der Waals surface area contributed by atoms with Gasteiger partial charge in [-0.25, -0.2) is 4.79 Å². The van der Waals surface area contributed by atoms with Gasteiger partial charge in [-0.2, -0.15) is 4.58 Å². The molecule has 238 valence electrons. The standard InChI is InChI=1S/C39H44N4O3/c1-10-42-29-18-14-12-16-27(29)38(4,5)31(42)23-21-25-20-22-26(32(25)33-35(44)40(8)37(46)41(9)36(33)45)24(3)34-39(6,7)28-17-13-15-19-30(28)43(34)11-2/h12-19,21,23H,3,10-11,20,22H2,1-2,4-9H3/b25-21+,31-23+. The lowest BCUT2D eigenvalue weighted by Crippen LogP contribution is -2.40. The summed E-state index contributed by atoms with van der Waals surface area (Å²) in [6.07, 6.45) is 5.51. The maximum Gasteiger partial charge on any atom is 0.329 e. The SMILES string of the molecule is C=C(C1=C(c2c([O-])n(C)c(=O)n(C)c2=O)/C(=C/C=C2/N(CC)c3ccccc3C2(C)C)CC1)C1=[N+](CC)c2ccccc2C1(C)C. The van der Waals surface area contributed by atoms with Gasteiger partial charge in [-0.1, -0.05) is 62.9 Å². The molecule has 7 nitrogen and oxygen atoms in total. The Kier molecular flexibility index (Phi) is 7.50. The Bertz CT molecular complexity index is 2060. The van der Waals surface area contributed by atoms with Crippen LogP contribution >= 0.6 is 0 Å². The first-order valence-electron chi connectivity index (χ1n) is 16.2. The molecule has 0 amide bonds. The molecule has 3 heterocycles. The van der Waals surface area contributed by atoms with Gasteiger partial charge in [-0.3, -0.25) is 9.36 Å². The average molecular weight is 617 g/mol. The van der Waals surface area contributed by atoms with E-state index in [1.54, 1.807) is 0 Å². The van der Waals surface area contributed by atoms with Crippen LogP contribution in [0.25, 0.3) is 5.57 Å². The fourth-order valence-electron chi connectivity index (χ4n) is 8.02. The molecule has 3 aliphatic rings. The van der Waals surface area contributed by atoms with Crippen LogP contribution < -0.4 is 21.3 Å². The Labute approximate surface area is 271 Å². The zero-order valence-electron chi connectivity index (χ0n) is 28.3. The highest BCUT2D eigenvalue weighted by atomic mass is 16.3. The number of nitrogens with zero attached hydrogens (tertiary/aromatic N) is 4. The lowest BCUT2D eigenvalue weighted by molar-refractivity contribution is -0.433. The van der Waals surface area contributed by atoms with Crippen molar-refractivity contribution in [2.45, 2.75) is 65.2 Å². The van der Waals surface area contributed by atoms with Crippen LogP contribution in [0.2, 0.25) is 0 Å². The summed E-state index contributed by atoms with van der Waals surface area (Å²) in [5.41, 5.74) is 8.53. The van der Waals surface area contributed by atoms with Gasteiger partial charge in [0, 0.05) is 54.6 Å². The van der Waals surface area contributed by atoms with Crippen molar-refractivity contribution in [3.8, 4) is 5.88 Å². The fraction of sp³-hybridized carbons (Fsp3) is 0.359. The first kappa shape index (κ1) is 31.3. The third-order valence-electron chi connectivity index (χ3n) is 10.4. The lowest BCUT2D eigenvalue weighted by atomic mass is 9.77. The summed E-state index contributed by atoms with van der Waals surface area (Å²) in [6, 6.07) is 16.9. The second-order valence-electron chi connectivity index (χ2n) is 13.6. The maximum absolute atomic E-state index is 13.8. The van der Waals surface area contributed by atoms with Crippen LogP contribution in [0.3, 0.4) is 0 Å². The first-order chi connectivity index (χ1) is 21.8. The number of hydrogen-bond donors (Lipinski definition) is 0. The molecule has 0 spiro atoms. The molecule has 1 aliphatic carbocycles. The second-order valence-corrected chi connectivity index (χ2v) is 13.6. The fourth-order valence-corrected chi connectivity index (χ4v) is 8.02. The number of likely N-dealkylation sites (N-methyl/N-ethyl adjacent to an activating group) is 1. The highest BCUT2D eigenvalue weighted by molar-refractivity contribution is 6.12. The molecule has 46 heavy (non-hydrogen) atoms. The molecule has 0 radical (unpaired) electrons. The number of fused-ring (bicyclic) bond motifs is 2. The van der Waals surface area contributed by atoms with E-state index in [0.29, 0.717) is 18.4 Å². The van der Waals surface area contributed by atoms with Crippen LogP contribution in [0.15, 0.2) is 99.3 Å². The Balaban J connectivity index is 1.60. The smallest absolute Gasteiger partial charge is 0.329 e. The number of benzene rings is 2. The molecule has 1 aromatic heterocycles. The quantitative estimate of drug-likeness (QED) is 0.319. The average Bonchev–Trinajstić information content (AvgIpc) is 3.63. The van der Waals surface area contributed by atoms with Gasteiger partial charge in [-0.05, 0) is 80.8 Å². The van der Waals surface area contributed by atoms with E-state index in [1.807, 2.05) is 0 Å². The van der Waals surface area contributed by atoms with E-state index in [1.165, 1.54) is 30.9 Å². The van der Waals surface area contributed by atoms with E-state index in [0.717, 1.165) is 56.0 Å². The van der Waals surface area contributed by atoms with Gasteiger partial charge >= 0.3 is 5.69 Å². The molecule has 0 bridgehead atoms. The number of para-hydroxylation sites is 2. The van der Waals surface area contributed by atoms with Gasteiger partial charge in [0.1, 0.15) is 6.54 Å². The molecule has 0 N–H and O–H groups in total. The van der Waals surface area contributed by atoms with Crippen LogP contribution in [0, 0.1) is 0 Å². The van der Waals surface area contributed by atoms with Crippen molar-refractivity contribution < 1.29 is 9.68 Å². The van der Waals surface area contributed by atoms with Crippen molar-refractivity contribution in [3.05, 3.63) is 127 Å². The van der Waals surface area contributed by atoms with Crippen LogP contribution in [0.1, 0.15) is 71.1 Å². The van der Waals surface area contributed by atoms with Crippen molar-refractivity contribution in [2.75, 3.05) is 18.0 Å². The summed E-state index contributed by atoms with van der Waals surface area (Å²) < 4.78 is 4.38. The third-order valence-corrected chi connectivity index (χ3v) is 10.4. The monoisotopic (exact) mass is 616 g/mol. The molecular weight excluding hydrogens is 572 g/mol. The van der Waals surface area contributed by atoms with E-state index in [9.17, 15) is 14.7 Å². The second kappa shape index (κ2) is 11.0. The zero-order valence-corrected chi connectivity index (χ0v) is 28.3. The van der Waals surface area contributed by atoms with Gasteiger partial charge in [0.05, 0.1) is 11.0 Å². The molecule has 0 saturated heterocycles. The Morgan fingerprint density at radius 2 is 1.57 bits per heavy atom. The van der Waals surface area contributed by atoms with Gasteiger partial charge in [0.25, 0.3) is 5.56 Å². The number of anilines is 1. The Morgan fingerprint density at radius 3 is 2.24 bits per heavy atom. The Hall–Kier alpha value is -4.65. The largest absolute Gasteiger partial charge is 0.859 e. The van der Waals surface area contributed by atoms with Crippen LogP contribution in [-0.4, -0.2) is 32.5 Å².